The second-order valence-corrected chi connectivity index (χ2v) is 7.27. The number of thiazole rings is 1. The van der Waals surface area contributed by atoms with Crippen LogP contribution in [0.5, 0.6) is 0 Å². The van der Waals surface area contributed by atoms with Gasteiger partial charge in [-0.2, -0.15) is 0 Å². The number of carbonyl (C=O) groups excluding carboxylic acids is 3. The monoisotopic (exact) mass is 373 g/mol. The topological polar surface area (TPSA) is 97.4 Å². The zero-order valence-corrected chi connectivity index (χ0v) is 15.5. The van der Waals surface area contributed by atoms with E-state index in [9.17, 15) is 14.4 Å². The van der Waals surface area contributed by atoms with E-state index < -0.39 is 5.97 Å². The number of aromatic nitrogens is 1. The lowest BCUT2D eigenvalue weighted by Gasteiger charge is -2.10. The summed E-state index contributed by atoms with van der Waals surface area (Å²) >= 11 is 1.25. The highest BCUT2D eigenvalue weighted by atomic mass is 32.1. The average molecular weight is 373 g/mol. The average Bonchev–Trinajstić information content (AvgIpc) is 3.17. The molecule has 0 bridgehead atoms. The van der Waals surface area contributed by atoms with Gasteiger partial charge < -0.3 is 15.4 Å². The number of hydrogen-bond acceptors (Lipinski definition) is 6. The van der Waals surface area contributed by atoms with Crippen molar-refractivity contribution in [2.75, 3.05) is 12.4 Å². The first kappa shape index (κ1) is 18.1. The molecule has 2 heterocycles. The predicted octanol–water partition coefficient (Wildman–Crippen LogP) is 2.87. The van der Waals surface area contributed by atoms with E-state index in [4.69, 9.17) is 4.74 Å². The number of ether oxygens (including phenoxy) is 1. The van der Waals surface area contributed by atoms with Gasteiger partial charge in [0.05, 0.1) is 19.6 Å². The molecule has 3 rings (SSSR count). The maximum atomic E-state index is 12.4. The number of fused-ring (bicyclic) bond motifs is 1. The molecule has 0 saturated carbocycles. The molecule has 0 spiro atoms. The number of esters is 1. The van der Waals surface area contributed by atoms with Crippen LogP contribution >= 0.6 is 11.3 Å². The number of anilines is 1. The van der Waals surface area contributed by atoms with E-state index in [1.165, 1.54) is 18.4 Å². The van der Waals surface area contributed by atoms with Crippen LogP contribution in [0.3, 0.4) is 0 Å². The normalized spacial score (nSPS) is 15.5. The van der Waals surface area contributed by atoms with E-state index in [-0.39, 0.29) is 35.9 Å². The number of rotatable bonds is 5. The molecule has 1 aromatic carbocycles. The van der Waals surface area contributed by atoms with E-state index >= 15 is 0 Å². The van der Waals surface area contributed by atoms with Crippen LogP contribution in [0, 0.1) is 0 Å². The first-order chi connectivity index (χ1) is 12.4. The van der Waals surface area contributed by atoms with Gasteiger partial charge in [0.25, 0.3) is 5.91 Å². The lowest BCUT2D eigenvalue weighted by Crippen LogP contribution is -2.24. The van der Waals surface area contributed by atoms with Crippen molar-refractivity contribution in [3.8, 4) is 0 Å². The third-order valence-electron chi connectivity index (χ3n) is 4.08. The summed E-state index contributed by atoms with van der Waals surface area (Å²) in [6, 6.07) is 6.82. The summed E-state index contributed by atoms with van der Waals surface area (Å²) in [6.07, 6.45) is 0.0902. The second kappa shape index (κ2) is 7.25. The third-order valence-corrected chi connectivity index (χ3v) is 5.35. The van der Waals surface area contributed by atoms with Gasteiger partial charge in [0.1, 0.15) is 0 Å². The van der Waals surface area contributed by atoms with Gasteiger partial charge in [-0.05, 0) is 17.5 Å². The van der Waals surface area contributed by atoms with E-state index in [0.717, 1.165) is 10.4 Å². The van der Waals surface area contributed by atoms with Crippen LogP contribution in [0.25, 0.3) is 0 Å². The molecule has 136 valence electrons. The highest BCUT2D eigenvalue weighted by Crippen LogP contribution is 2.31. The molecule has 2 amide bonds. The van der Waals surface area contributed by atoms with Crippen molar-refractivity contribution in [2.24, 2.45) is 0 Å². The van der Waals surface area contributed by atoms with Crippen LogP contribution in [0.4, 0.5) is 5.13 Å². The number of carbonyl (C=O) groups is 3. The minimum atomic E-state index is -0.526. The smallest absolute Gasteiger partial charge is 0.357 e. The molecule has 8 heteroatoms. The van der Waals surface area contributed by atoms with E-state index in [1.54, 1.807) is 12.1 Å². The summed E-state index contributed by atoms with van der Waals surface area (Å²) in [7, 11) is 1.30. The molecule has 1 aromatic heterocycles. The minimum absolute atomic E-state index is 0.0771. The number of nitrogens with zero attached hydrogens (tertiary/aromatic N) is 1. The van der Waals surface area contributed by atoms with Crippen molar-refractivity contribution in [2.45, 2.75) is 32.2 Å². The van der Waals surface area contributed by atoms with Crippen LogP contribution < -0.4 is 10.6 Å². The summed E-state index contributed by atoms with van der Waals surface area (Å²) in [5.41, 5.74) is 1.63. The van der Waals surface area contributed by atoms with Gasteiger partial charge in [-0.25, -0.2) is 9.78 Å². The fraction of sp³-hybridized carbons (Fsp3) is 0.333. The summed E-state index contributed by atoms with van der Waals surface area (Å²) in [4.78, 5) is 41.2. The van der Waals surface area contributed by atoms with Crippen LogP contribution in [0.2, 0.25) is 0 Å². The summed E-state index contributed by atoms with van der Waals surface area (Å²) in [5, 5.41) is 5.87. The molecule has 2 N–H and O–H groups in total. The van der Waals surface area contributed by atoms with Gasteiger partial charge in [0, 0.05) is 10.4 Å². The van der Waals surface area contributed by atoms with E-state index in [0.29, 0.717) is 10.7 Å². The molecule has 0 fully saturated rings. The third kappa shape index (κ3) is 3.45. The SMILES string of the molecule is COC(=O)c1nc(NC(=O)C[C@H]2NC(=O)c3ccccc32)sc1C(C)C. The molecule has 7 nitrogen and oxygen atoms in total. The summed E-state index contributed by atoms with van der Waals surface area (Å²) < 4.78 is 4.75. The van der Waals surface area contributed by atoms with Gasteiger partial charge in [-0.1, -0.05) is 32.0 Å². The Hall–Kier alpha value is -2.74. The quantitative estimate of drug-likeness (QED) is 0.786. The molecule has 0 aliphatic carbocycles. The molecular formula is C18H19N3O4S. The van der Waals surface area contributed by atoms with Crippen LogP contribution in [-0.2, 0) is 9.53 Å². The van der Waals surface area contributed by atoms with E-state index in [2.05, 4.69) is 15.6 Å². The zero-order chi connectivity index (χ0) is 18.8. The number of benzene rings is 1. The van der Waals surface area contributed by atoms with Crippen LogP contribution in [0.15, 0.2) is 24.3 Å². The molecule has 26 heavy (non-hydrogen) atoms. The van der Waals surface area contributed by atoms with Crippen molar-refractivity contribution < 1.29 is 19.1 Å². The highest BCUT2D eigenvalue weighted by molar-refractivity contribution is 7.16. The van der Waals surface area contributed by atoms with Gasteiger partial charge in [0.15, 0.2) is 10.8 Å². The van der Waals surface area contributed by atoms with Crippen molar-refractivity contribution in [3.05, 3.63) is 46.0 Å². The first-order valence-corrected chi connectivity index (χ1v) is 9.01. The molecule has 1 atom stereocenters. The summed E-state index contributed by atoms with van der Waals surface area (Å²) in [6.45, 7) is 3.88. The molecule has 1 aliphatic heterocycles. The maximum Gasteiger partial charge on any atom is 0.357 e. The number of hydrogen-bond donors (Lipinski definition) is 2. The largest absolute Gasteiger partial charge is 0.464 e. The molecule has 1 aliphatic rings. The fourth-order valence-corrected chi connectivity index (χ4v) is 3.83. The minimum Gasteiger partial charge on any atom is -0.464 e. The zero-order valence-electron chi connectivity index (χ0n) is 14.7. The number of nitrogens with one attached hydrogen (secondary N) is 2. The Balaban J connectivity index is 1.73. The second-order valence-electron chi connectivity index (χ2n) is 6.24. The van der Waals surface area contributed by atoms with Crippen molar-refractivity contribution in [1.29, 1.82) is 0 Å². The Labute approximate surface area is 154 Å². The van der Waals surface area contributed by atoms with Gasteiger partial charge >= 0.3 is 5.97 Å². The lowest BCUT2D eigenvalue weighted by molar-refractivity contribution is -0.116. The molecule has 0 saturated heterocycles. The van der Waals surface area contributed by atoms with Crippen molar-refractivity contribution >= 4 is 34.3 Å². The Kier molecular flexibility index (Phi) is 5.03. The van der Waals surface area contributed by atoms with E-state index in [1.807, 2.05) is 26.0 Å². The Morgan fingerprint density at radius 2 is 2.08 bits per heavy atom. The Bertz CT molecular complexity index is 875. The highest BCUT2D eigenvalue weighted by Gasteiger charge is 2.30. The molecule has 2 aromatic rings. The van der Waals surface area contributed by atoms with Crippen molar-refractivity contribution in [3.63, 3.8) is 0 Å². The molecule has 0 unspecified atom stereocenters. The van der Waals surface area contributed by atoms with Crippen LogP contribution in [-0.4, -0.2) is 29.9 Å². The Morgan fingerprint density at radius 3 is 2.77 bits per heavy atom. The molecule has 0 radical (unpaired) electrons. The number of methoxy groups -OCH3 is 1. The van der Waals surface area contributed by atoms with Gasteiger partial charge in [0.2, 0.25) is 5.91 Å². The lowest BCUT2D eigenvalue weighted by atomic mass is 10.0. The van der Waals surface area contributed by atoms with Gasteiger partial charge in [-0.3, -0.25) is 9.59 Å². The van der Waals surface area contributed by atoms with Gasteiger partial charge in [-0.15, -0.1) is 11.3 Å². The summed E-state index contributed by atoms with van der Waals surface area (Å²) in [5.74, 6) is -0.911. The fourth-order valence-electron chi connectivity index (χ4n) is 2.86. The standard InChI is InChI=1S/C18H19N3O4S/c1-9(2)15-14(17(24)25-3)21-18(26-15)20-13(22)8-12-10-6-4-5-7-11(10)16(23)19-12/h4-7,9,12H,8H2,1-3H3,(H,19,23)(H,20,21,22)/t12-/m1/s1. The van der Waals surface area contributed by atoms with Crippen LogP contribution in [0.1, 0.15) is 63.5 Å². The number of amides is 2. The Morgan fingerprint density at radius 1 is 1.35 bits per heavy atom. The predicted molar refractivity (Wildman–Crippen MR) is 97.4 cm³/mol. The molecular weight excluding hydrogens is 354 g/mol. The van der Waals surface area contributed by atoms with Crippen molar-refractivity contribution in [1.82, 2.24) is 10.3 Å². The maximum absolute atomic E-state index is 12.4. The first-order valence-electron chi connectivity index (χ1n) is 8.19.